The van der Waals surface area contributed by atoms with Crippen LogP contribution in [0.15, 0.2) is 29.2 Å². The van der Waals surface area contributed by atoms with Crippen molar-refractivity contribution in [2.75, 3.05) is 33.3 Å². The molecule has 9 nitrogen and oxygen atoms in total. The lowest BCUT2D eigenvalue weighted by molar-refractivity contribution is -0.127. The predicted octanol–water partition coefficient (Wildman–Crippen LogP) is 2.61. The van der Waals surface area contributed by atoms with Gasteiger partial charge in [-0.2, -0.15) is 4.31 Å². The van der Waals surface area contributed by atoms with Crippen LogP contribution in [0.2, 0.25) is 0 Å². The van der Waals surface area contributed by atoms with Crippen LogP contribution >= 0.6 is 0 Å². The van der Waals surface area contributed by atoms with Crippen molar-refractivity contribution in [3.05, 3.63) is 24.3 Å². The summed E-state index contributed by atoms with van der Waals surface area (Å²) in [5.41, 5.74) is -0.530. The van der Waals surface area contributed by atoms with Gasteiger partial charge in [0.25, 0.3) is 0 Å². The molecule has 0 radical (unpaired) electrons. The van der Waals surface area contributed by atoms with Crippen LogP contribution < -0.4 is 10.1 Å². The molecule has 0 spiro atoms. The second-order valence-electron chi connectivity index (χ2n) is 9.60. The van der Waals surface area contributed by atoms with Crippen LogP contribution in [0.3, 0.4) is 0 Å². The van der Waals surface area contributed by atoms with Crippen molar-refractivity contribution < 1.29 is 27.5 Å². The minimum Gasteiger partial charge on any atom is -0.497 e. The van der Waals surface area contributed by atoms with Crippen LogP contribution in [0.5, 0.6) is 5.75 Å². The molecule has 0 unspecified atom stereocenters. The van der Waals surface area contributed by atoms with E-state index in [0.717, 1.165) is 0 Å². The van der Waals surface area contributed by atoms with Gasteiger partial charge in [0.05, 0.1) is 12.0 Å². The first-order chi connectivity index (χ1) is 15.5. The van der Waals surface area contributed by atoms with Crippen LogP contribution in [0.4, 0.5) is 4.79 Å². The number of nitrogens with zero attached hydrogens (tertiary/aromatic N) is 2. The number of carbonyl (C=O) groups excluding carboxylic acids is 2. The summed E-state index contributed by atoms with van der Waals surface area (Å²) >= 11 is 0. The zero-order valence-electron chi connectivity index (χ0n) is 19.9. The van der Waals surface area contributed by atoms with Gasteiger partial charge in [-0.3, -0.25) is 4.79 Å². The van der Waals surface area contributed by atoms with Crippen molar-refractivity contribution in [3.8, 4) is 5.75 Å². The lowest BCUT2D eigenvalue weighted by Gasteiger charge is -2.35. The van der Waals surface area contributed by atoms with Crippen molar-refractivity contribution in [3.63, 3.8) is 0 Å². The first kappa shape index (κ1) is 25.3. The van der Waals surface area contributed by atoms with Gasteiger partial charge in [0.15, 0.2) is 0 Å². The monoisotopic (exact) mass is 481 g/mol. The number of sulfonamides is 1. The Morgan fingerprint density at radius 1 is 0.970 bits per heavy atom. The Balaban J connectivity index is 1.45. The molecule has 1 aromatic carbocycles. The standard InChI is InChI=1S/C23H35N3O6S/c1-23(2,3)32-22(28)25-13-11-18(12-14-25)24-21(27)17-9-15-26(16-10-17)33(29,30)20-7-5-19(31-4)6-8-20/h5-8,17-18H,9-16H2,1-4H3,(H,24,27). The summed E-state index contributed by atoms with van der Waals surface area (Å²) in [5, 5.41) is 3.09. The number of amides is 2. The summed E-state index contributed by atoms with van der Waals surface area (Å²) in [6, 6.07) is 6.34. The maximum atomic E-state index is 12.9. The number of benzene rings is 1. The molecule has 0 aliphatic carbocycles. The fourth-order valence-electron chi connectivity index (χ4n) is 4.11. The molecular formula is C23H35N3O6S. The number of carbonyl (C=O) groups is 2. The van der Waals surface area contributed by atoms with E-state index in [-0.39, 0.29) is 28.9 Å². The molecule has 1 aromatic rings. The number of nitrogens with one attached hydrogen (secondary N) is 1. The zero-order chi connectivity index (χ0) is 24.2. The topological polar surface area (TPSA) is 105 Å². The Labute approximate surface area is 196 Å². The molecule has 0 atom stereocenters. The Bertz CT molecular complexity index is 926. The zero-order valence-corrected chi connectivity index (χ0v) is 20.7. The van der Waals surface area contributed by atoms with E-state index in [1.54, 1.807) is 17.0 Å². The van der Waals surface area contributed by atoms with Crippen molar-refractivity contribution in [1.29, 1.82) is 0 Å². The largest absolute Gasteiger partial charge is 0.497 e. The molecule has 184 valence electrons. The van der Waals surface area contributed by atoms with Crippen LogP contribution in [-0.4, -0.2) is 74.6 Å². The van der Waals surface area contributed by atoms with Crippen molar-refractivity contribution in [2.24, 2.45) is 5.92 Å². The number of hydrogen-bond donors (Lipinski definition) is 1. The molecule has 0 aromatic heterocycles. The van der Waals surface area contributed by atoms with Gasteiger partial charge in [0, 0.05) is 38.1 Å². The van der Waals surface area contributed by atoms with Gasteiger partial charge in [-0.1, -0.05) is 0 Å². The first-order valence-electron chi connectivity index (χ1n) is 11.4. The molecule has 2 heterocycles. The van der Waals surface area contributed by atoms with Gasteiger partial charge >= 0.3 is 6.09 Å². The number of methoxy groups -OCH3 is 1. The predicted molar refractivity (Wildman–Crippen MR) is 123 cm³/mol. The number of rotatable bonds is 5. The molecule has 33 heavy (non-hydrogen) atoms. The van der Waals surface area contributed by atoms with Gasteiger partial charge < -0.3 is 19.7 Å². The van der Waals surface area contributed by atoms with E-state index < -0.39 is 15.6 Å². The Morgan fingerprint density at radius 2 is 1.55 bits per heavy atom. The summed E-state index contributed by atoms with van der Waals surface area (Å²) in [6.07, 6.45) is 2.00. The summed E-state index contributed by atoms with van der Waals surface area (Å²) in [5.74, 6) is 0.352. The number of ether oxygens (including phenoxy) is 2. The van der Waals surface area contributed by atoms with Crippen molar-refractivity contribution >= 4 is 22.0 Å². The normalized spacial score (nSPS) is 19.2. The van der Waals surface area contributed by atoms with E-state index >= 15 is 0 Å². The molecule has 0 saturated carbocycles. The highest BCUT2D eigenvalue weighted by Gasteiger charge is 2.34. The van der Waals surface area contributed by atoms with Crippen molar-refractivity contribution in [1.82, 2.24) is 14.5 Å². The van der Waals surface area contributed by atoms with Crippen LogP contribution in [0.25, 0.3) is 0 Å². The van der Waals surface area contributed by atoms with Gasteiger partial charge in [0.2, 0.25) is 15.9 Å². The van der Waals surface area contributed by atoms with E-state index in [9.17, 15) is 18.0 Å². The number of likely N-dealkylation sites (tertiary alicyclic amines) is 1. The second-order valence-corrected chi connectivity index (χ2v) is 11.5. The number of hydrogen-bond acceptors (Lipinski definition) is 6. The molecule has 2 saturated heterocycles. The summed E-state index contributed by atoms with van der Waals surface area (Å²) in [7, 11) is -2.06. The summed E-state index contributed by atoms with van der Waals surface area (Å²) in [4.78, 5) is 26.9. The lowest BCUT2D eigenvalue weighted by atomic mass is 9.96. The first-order valence-corrected chi connectivity index (χ1v) is 12.9. The Hall–Kier alpha value is -2.33. The Kier molecular flexibility index (Phi) is 7.89. The molecule has 0 bridgehead atoms. The maximum absolute atomic E-state index is 12.9. The third-order valence-electron chi connectivity index (χ3n) is 6.01. The molecule has 1 N–H and O–H groups in total. The smallest absolute Gasteiger partial charge is 0.410 e. The van der Waals surface area contributed by atoms with Crippen LogP contribution in [-0.2, 0) is 19.6 Å². The van der Waals surface area contributed by atoms with E-state index in [0.29, 0.717) is 57.6 Å². The average molecular weight is 482 g/mol. The van der Waals surface area contributed by atoms with Crippen molar-refractivity contribution in [2.45, 2.75) is 63.0 Å². The van der Waals surface area contributed by atoms with Gasteiger partial charge in [-0.05, 0) is 70.7 Å². The van der Waals surface area contributed by atoms with E-state index in [4.69, 9.17) is 9.47 Å². The molecule has 2 amide bonds. The average Bonchev–Trinajstić information content (AvgIpc) is 2.78. The molecule has 2 aliphatic heterocycles. The van der Waals surface area contributed by atoms with Crippen LogP contribution in [0, 0.1) is 5.92 Å². The Morgan fingerprint density at radius 3 is 2.06 bits per heavy atom. The maximum Gasteiger partial charge on any atom is 0.410 e. The SMILES string of the molecule is COc1ccc(S(=O)(=O)N2CCC(C(=O)NC3CCN(C(=O)OC(C)(C)C)CC3)CC2)cc1. The second kappa shape index (κ2) is 10.3. The highest BCUT2D eigenvalue weighted by atomic mass is 32.2. The summed E-state index contributed by atoms with van der Waals surface area (Å²) in [6.45, 7) is 7.21. The molecule has 2 aliphatic rings. The minimum atomic E-state index is -3.59. The highest BCUT2D eigenvalue weighted by molar-refractivity contribution is 7.89. The van der Waals surface area contributed by atoms with Gasteiger partial charge in [-0.15, -0.1) is 0 Å². The van der Waals surface area contributed by atoms with E-state index in [1.807, 2.05) is 20.8 Å². The highest BCUT2D eigenvalue weighted by Crippen LogP contribution is 2.26. The summed E-state index contributed by atoms with van der Waals surface area (Å²) < 4.78 is 37.7. The fourth-order valence-corrected chi connectivity index (χ4v) is 5.58. The fraction of sp³-hybridized carbons (Fsp3) is 0.652. The van der Waals surface area contributed by atoms with Gasteiger partial charge in [-0.25, -0.2) is 13.2 Å². The third kappa shape index (κ3) is 6.60. The molecule has 3 rings (SSSR count). The quantitative estimate of drug-likeness (QED) is 0.693. The van der Waals surface area contributed by atoms with Gasteiger partial charge in [0.1, 0.15) is 11.4 Å². The number of piperidine rings is 2. The third-order valence-corrected chi connectivity index (χ3v) is 7.93. The van der Waals surface area contributed by atoms with Crippen LogP contribution in [0.1, 0.15) is 46.5 Å². The molecule has 10 heteroatoms. The molecule has 2 fully saturated rings. The lowest BCUT2D eigenvalue weighted by Crippen LogP contribution is -2.50. The van der Waals surface area contributed by atoms with E-state index in [2.05, 4.69) is 5.32 Å². The molecular weight excluding hydrogens is 446 g/mol. The van der Waals surface area contributed by atoms with E-state index in [1.165, 1.54) is 23.5 Å². The minimum absolute atomic E-state index is 0.0113.